The highest BCUT2D eigenvalue weighted by Gasteiger charge is 2.13. The van der Waals surface area contributed by atoms with Gasteiger partial charge >= 0.3 is 0 Å². The van der Waals surface area contributed by atoms with Crippen molar-refractivity contribution in [2.45, 2.75) is 0 Å². The lowest BCUT2D eigenvalue weighted by Crippen LogP contribution is -1.90. The number of hydrogen-bond acceptors (Lipinski definition) is 3. The lowest BCUT2D eigenvalue weighted by molar-refractivity contribution is 1.17. The van der Waals surface area contributed by atoms with E-state index in [1.54, 1.807) is 0 Å². The topological polar surface area (TPSA) is 25.8 Å². The summed E-state index contributed by atoms with van der Waals surface area (Å²) in [6, 6.07) is 1.92. The minimum Gasteiger partial charge on any atom is -0.214 e. The fourth-order valence-electron chi connectivity index (χ4n) is 0.949. The Morgan fingerprint density at radius 1 is 1.13 bits per heavy atom. The van der Waals surface area contributed by atoms with Crippen LogP contribution in [0.15, 0.2) is 20.4 Å². The first kappa shape index (κ1) is 11.8. The SMILES string of the molecule is Clc1nc(-c2sccc2Br)nc(Cl)c1Br. The molecule has 0 aliphatic heterocycles. The van der Waals surface area contributed by atoms with E-state index in [0.717, 1.165) is 9.35 Å². The van der Waals surface area contributed by atoms with Crippen LogP contribution in [0.4, 0.5) is 0 Å². The molecule has 7 heteroatoms. The van der Waals surface area contributed by atoms with Gasteiger partial charge in [-0.05, 0) is 43.3 Å². The van der Waals surface area contributed by atoms with E-state index in [1.807, 2.05) is 11.4 Å². The highest BCUT2D eigenvalue weighted by molar-refractivity contribution is 9.11. The van der Waals surface area contributed by atoms with E-state index < -0.39 is 0 Å². The standard InChI is InChI=1S/C8H2Br2Cl2N2S/c9-3-1-2-15-5(3)8-13-6(11)4(10)7(12)14-8/h1-2H. The quantitative estimate of drug-likeness (QED) is 0.640. The van der Waals surface area contributed by atoms with E-state index in [-0.39, 0.29) is 0 Å². The van der Waals surface area contributed by atoms with Gasteiger partial charge in [0.1, 0.15) is 10.3 Å². The maximum absolute atomic E-state index is 5.90. The minimum absolute atomic E-state index is 0.310. The molecule has 0 bridgehead atoms. The molecule has 2 aromatic heterocycles. The Kier molecular flexibility index (Phi) is 3.67. The maximum atomic E-state index is 5.90. The summed E-state index contributed by atoms with van der Waals surface area (Å²) in [5.74, 6) is 0.523. The highest BCUT2D eigenvalue weighted by atomic mass is 79.9. The average Bonchev–Trinajstić information content (AvgIpc) is 2.60. The predicted molar refractivity (Wildman–Crippen MR) is 70.8 cm³/mol. The van der Waals surface area contributed by atoms with Crippen molar-refractivity contribution in [3.63, 3.8) is 0 Å². The van der Waals surface area contributed by atoms with Crippen LogP contribution in [-0.2, 0) is 0 Å². The molecule has 0 saturated carbocycles. The zero-order chi connectivity index (χ0) is 11.0. The predicted octanol–water partition coefficient (Wildman–Crippen LogP) is 5.04. The van der Waals surface area contributed by atoms with Crippen molar-refractivity contribution in [3.05, 3.63) is 30.7 Å². The van der Waals surface area contributed by atoms with Crippen LogP contribution in [0.2, 0.25) is 10.3 Å². The first-order chi connectivity index (χ1) is 7.09. The number of halogens is 4. The number of rotatable bonds is 1. The molecule has 0 aliphatic carbocycles. The summed E-state index contributed by atoms with van der Waals surface area (Å²) in [6.07, 6.45) is 0. The Morgan fingerprint density at radius 3 is 2.20 bits per heavy atom. The smallest absolute Gasteiger partial charge is 0.173 e. The van der Waals surface area contributed by atoms with Crippen LogP contribution in [0.3, 0.4) is 0 Å². The van der Waals surface area contributed by atoms with E-state index in [0.29, 0.717) is 20.6 Å². The number of thiophene rings is 1. The Labute approximate surface area is 117 Å². The Morgan fingerprint density at radius 2 is 1.73 bits per heavy atom. The van der Waals surface area contributed by atoms with Crippen LogP contribution >= 0.6 is 66.4 Å². The number of nitrogens with zero attached hydrogens (tertiary/aromatic N) is 2. The number of aromatic nitrogens is 2. The average molecular weight is 389 g/mol. The molecule has 2 nitrogen and oxygen atoms in total. The van der Waals surface area contributed by atoms with Gasteiger partial charge in [-0.25, -0.2) is 9.97 Å². The lowest BCUT2D eigenvalue weighted by Gasteiger charge is -2.02. The van der Waals surface area contributed by atoms with E-state index >= 15 is 0 Å². The van der Waals surface area contributed by atoms with Crippen LogP contribution in [0.5, 0.6) is 0 Å². The summed E-state index contributed by atoms with van der Waals surface area (Å²) in [4.78, 5) is 9.19. The monoisotopic (exact) mass is 386 g/mol. The fourth-order valence-corrected chi connectivity index (χ4v) is 3.00. The third kappa shape index (κ3) is 2.36. The van der Waals surface area contributed by atoms with Gasteiger partial charge in [0.05, 0.1) is 9.35 Å². The van der Waals surface area contributed by atoms with Crippen LogP contribution in [0, 0.1) is 0 Å². The maximum Gasteiger partial charge on any atom is 0.173 e. The van der Waals surface area contributed by atoms with Gasteiger partial charge in [0.2, 0.25) is 0 Å². The molecule has 0 fully saturated rings. The molecular formula is C8H2Br2Cl2N2S. The summed E-state index contributed by atoms with van der Waals surface area (Å²) in [7, 11) is 0. The molecule has 0 radical (unpaired) electrons. The van der Waals surface area contributed by atoms with Crippen LogP contribution < -0.4 is 0 Å². The third-order valence-electron chi connectivity index (χ3n) is 1.59. The van der Waals surface area contributed by atoms with Gasteiger partial charge < -0.3 is 0 Å². The second-order valence-corrected chi connectivity index (χ2v) is 5.82. The first-order valence-electron chi connectivity index (χ1n) is 3.71. The van der Waals surface area contributed by atoms with E-state index in [4.69, 9.17) is 23.2 Å². The summed E-state index contributed by atoms with van der Waals surface area (Å²) >= 11 is 19.9. The summed E-state index contributed by atoms with van der Waals surface area (Å²) in [6.45, 7) is 0. The molecule has 2 heterocycles. The first-order valence-corrected chi connectivity index (χ1v) is 6.93. The van der Waals surface area contributed by atoms with Gasteiger partial charge in [-0.3, -0.25) is 0 Å². The van der Waals surface area contributed by atoms with Crippen molar-refractivity contribution in [1.29, 1.82) is 0 Å². The normalized spacial score (nSPS) is 10.7. The summed E-state index contributed by atoms with van der Waals surface area (Å²) in [5.41, 5.74) is 0. The second kappa shape index (κ2) is 4.67. The Hall–Kier alpha value is 0.320. The molecule has 0 atom stereocenters. The fraction of sp³-hybridized carbons (Fsp3) is 0. The molecule has 15 heavy (non-hydrogen) atoms. The minimum atomic E-state index is 0.310. The molecule has 0 aromatic carbocycles. The molecule has 0 aliphatic rings. The molecule has 0 unspecified atom stereocenters. The molecule has 78 valence electrons. The van der Waals surface area contributed by atoms with E-state index in [2.05, 4.69) is 41.8 Å². The zero-order valence-electron chi connectivity index (χ0n) is 6.97. The third-order valence-corrected chi connectivity index (χ3v) is 5.18. The highest BCUT2D eigenvalue weighted by Crippen LogP contribution is 2.35. The van der Waals surface area contributed by atoms with E-state index in [1.165, 1.54) is 11.3 Å². The molecule has 0 N–H and O–H groups in total. The van der Waals surface area contributed by atoms with Crippen LogP contribution in [-0.4, -0.2) is 9.97 Å². The van der Waals surface area contributed by atoms with Gasteiger partial charge in [0.15, 0.2) is 5.82 Å². The molecule has 2 aromatic rings. The van der Waals surface area contributed by atoms with Crippen LogP contribution in [0.1, 0.15) is 0 Å². The lowest BCUT2D eigenvalue weighted by atomic mass is 10.4. The van der Waals surface area contributed by atoms with Gasteiger partial charge in [0.25, 0.3) is 0 Å². The number of hydrogen-bond donors (Lipinski definition) is 0. The van der Waals surface area contributed by atoms with Crippen molar-refractivity contribution in [2.75, 3.05) is 0 Å². The molecule has 2 rings (SSSR count). The molecular weight excluding hydrogens is 387 g/mol. The van der Waals surface area contributed by atoms with Crippen molar-refractivity contribution >= 4 is 66.4 Å². The Balaban J connectivity index is 2.60. The summed E-state index contributed by atoms with van der Waals surface area (Å²) in [5, 5.41) is 2.56. The molecule has 0 amide bonds. The molecule has 0 spiro atoms. The summed E-state index contributed by atoms with van der Waals surface area (Å²) < 4.78 is 1.45. The zero-order valence-corrected chi connectivity index (χ0v) is 12.5. The second-order valence-electron chi connectivity index (χ2n) is 2.54. The van der Waals surface area contributed by atoms with E-state index in [9.17, 15) is 0 Å². The molecule has 0 saturated heterocycles. The van der Waals surface area contributed by atoms with Gasteiger partial charge in [-0.15, -0.1) is 11.3 Å². The largest absolute Gasteiger partial charge is 0.214 e. The van der Waals surface area contributed by atoms with Gasteiger partial charge in [-0.1, -0.05) is 23.2 Å². The van der Waals surface area contributed by atoms with Crippen LogP contribution in [0.25, 0.3) is 10.7 Å². The van der Waals surface area contributed by atoms with Gasteiger partial charge in [0, 0.05) is 4.47 Å². The Bertz CT molecular complexity index is 492. The van der Waals surface area contributed by atoms with Gasteiger partial charge in [-0.2, -0.15) is 0 Å². The van der Waals surface area contributed by atoms with Crippen molar-refractivity contribution in [1.82, 2.24) is 9.97 Å². The van der Waals surface area contributed by atoms with Crippen molar-refractivity contribution < 1.29 is 0 Å². The van der Waals surface area contributed by atoms with Crippen molar-refractivity contribution in [3.8, 4) is 10.7 Å². The van der Waals surface area contributed by atoms with Crippen molar-refractivity contribution in [2.24, 2.45) is 0 Å².